The molecule has 0 bridgehead atoms. The van der Waals surface area contributed by atoms with Crippen LogP contribution in [-0.2, 0) is 21.3 Å². The van der Waals surface area contributed by atoms with Crippen molar-refractivity contribution in [1.29, 1.82) is 0 Å². The van der Waals surface area contributed by atoms with Crippen LogP contribution >= 0.6 is 0 Å². The van der Waals surface area contributed by atoms with E-state index in [2.05, 4.69) is 4.74 Å². The molecule has 1 atom stereocenters. The number of hydrogen-bond donors (Lipinski definition) is 3. The first kappa shape index (κ1) is 10.3. The molecule has 0 aromatic heterocycles. The number of rotatable bonds is 1. The van der Waals surface area contributed by atoms with E-state index in [0.717, 1.165) is 0 Å². The number of ether oxygens (including phenoxy) is 1. The molecule has 5 heteroatoms. The molecular formula is C10H10O5. The highest BCUT2D eigenvalue weighted by Gasteiger charge is 2.52. The minimum atomic E-state index is -2.63. The third-order valence-corrected chi connectivity index (χ3v) is 2.44. The second-order valence-corrected chi connectivity index (χ2v) is 3.52. The first-order valence-electron chi connectivity index (χ1n) is 4.35. The average molecular weight is 210 g/mol. The number of hydrogen-bond acceptors (Lipinski definition) is 5. The fourth-order valence-electron chi connectivity index (χ4n) is 1.82. The Morgan fingerprint density at radius 1 is 1.33 bits per heavy atom. The Morgan fingerprint density at radius 3 is 2.60 bits per heavy atom. The molecule has 80 valence electrons. The van der Waals surface area contributed by atoms with Gasteiger partial charge >= 0.3 is 5.97 Å². The van der Waals surface area contributed by atoms with Gasteiger partial charge in [0.05, 0.1) is 5.56 Å². The van der Waals surface area contributed by atoms with Crippen molar-refractivity contribution in [2.75, 3.05) is 0 Å². The van der Waals surface area contributed by atoms with Gasteiger partial charge < -0.3 is 15.3 Å². The molecule has 1 heterocycles. The summed E-state index contributed by atoms with van der Waals surface area (Å²) in [6, 6.07) is 4.59. The maximum atomic E-state index is 10.7. The number of carbonyl (C=O) groups excluding carboxylic acids is 1. The van der Waals surface area contributed by atoms with Gasteiger partial charge in [0.25, 0.3) is 5.79 Å². The molecule has 0 amide bonds. The quantitative estimate of drug-likeness (QED) is 0.428. The molecule has 0 radical (unpaired) electrons. The summed E-state index contributed by atoms with van der Waals surface area (Å²) in [5.41, 5.74) is 0.620. The Morgan fingerprint density at radius 2 is 2.00 bits per heavy atom. The second-order valence-electron chi connectivity index (χ2n) is 3.52. The van der Waals surface area contributed by atoms with Crippen LogP contribution in [0.1, 0.15) is 16.7 Å². The Kier molecular flexibility index (Phi) is 1.96. The third-order valence-electron chi connectivity index (χ3n) is 2.44. The summed E-state index contributed by atoms with van der Waals surface area (Å²) in [6.07, 6.45) is 0.132. The molecule has 0 spiro atoms. The van der Waals surface area contributed by atoms with Gasteiger partial charge in [0.2, 0.25) is 0 Å². The predicted octanol–water partition coefficient (Wildman–Crippen LogP) is -0.536. The molecule has 3 N–H and O–H groups in total. The smallest absolute Gasteiger partial charge is 0.310 e. The van der Waals surface area contributed by atoms with Gasteiger partial charge in [-0.1, -0.05) is 18.2 Å². The van der Waals surface area contributed by atoms with Crippen molar-refractivity contribution in [2.45, 2.75) is 18.7 Å². The first-order valence-corrected chi connectivity index (χ1v) is 4.35. The fourth-order valence-corrected chi connectivity index (χ4v) is 1.82. The van der Waals surface area contributed by atoms with Crippen LogP contribution < -0.4 is 0 Å². The lowest BCUT2D eigenvalue weighted by Gasteiger charge is -2.19. The van der Waals surface area contributed by atoms with E-state index in [0.29, 0.717) is 5.56 Å². The number of aliphatic hydroxyl groups is 3. The van der Waals surface area contributed by atoms with Gasteiger partial charge in [-0.15, -0.1) is 0 Å². The highest BCUT2D eigenvalue weighted by atomic mass is 16.8. The number of benzene rings is 1. The van der Waals surface area contributed by atoms with Gasteiger partial charge in [-0.25, -0.2) is 0 Å². The average Bonchev–Trinajstić information content (AvgIpc) is 2.36. The zero-order valence-electron chi connectivity index (χ0n) is 7.97. The summed E-state index contributed by atoms with van der Waals surface area (Å²) in [6.45, 7) is 1.64. The van der Waals surface area contributed by atoms with Crippen molar-refractivity contribution < 1.29 is 24.9 Å². The summed E-state index contributed by atoms with van der Waals surface area (Å²) < 4.78 is 4.54. The van der Waals surface area contributed by atoms with E-state index in [4.69, 9.17) is 0 Å². The van der Waals surface area contributed by atoms with Crippen LogP contribution in [0.2, 0.25) is 0 Å². The molecule has 15 heavy (non-hydrogen) atoms. The Bertz CT molecular complexity index is 426. The van der Waals surface area contributed by atoms with Gasteiger partial charge in [-0.3, -0.25) is 9.53 Å². The maximum Gasteiger partial charge on any atom is 0.310 e. The monoisotopic (exact) mass is 210 g/mol. The molecule has 0 fully saturated rings. The van der Waals surface area contributed by atoms with Crippen molar-refractivity contribution in [3.63, 3.8) is 0 Å². The largest absolute Gasteiger partial charge is 0.356 e. The molecule has 0 aliphatic carbocycles. The minimum Gasteiger partial charge on any atom is -0.356 e. The van der Waals surface area contributed by atoms with Gasteiger partial charge in [0, 0.05) is 5.56 Å². The van der Waals surface area contributed by atoms with E-state index < -0.39 is 11.8 Å². The zero-order valence-corrected chi connectivity index (χ0v) is 7.97. The van der Waals surface area contributed by atoms with Gasteiger partial charge in [0.1, 0.15) is 0 Å². The highest BCUT2D eigenvalue weighted by molar-refractivity contribution is 5.68. The van der Waals surface area contributed by atoms with Crippen molar-refractivity contribution in [2.24, 2.45) is 0 Å². The summed E-state index contributed by atoms with van der Waals surface area (Å²) in [7, 11) is 0. The zero-order chi connectivity index (χ0) is 11.3. The first-order chi connectivity index (χ1) is 6.91. The van der Waals surface area contributed by atoms with Gasteiger partial charge in [-0.2, -0.15) is 0 Å². The molecule has 2 rings (SSSR count). The van der Waals surface area contributed by atoms with Crippen molar-refractivity contribution in [3.05, 3.63) is 34.9 Å². The van der Waals surface area contributed by atoms with E-state index >= 15 is 0 Å². The molecule has 1 aromatic rings. The Labute approximate surface area is 85.5 Å². The summed E-state index contributed by atoms with van der Waals surface area (Å²) in [5.74, 6) is -4.92. The summed E-state index contributed by atoms with van der Waals surface area (Å²) in [5, 5.41) is 28.7. The number of aryl methyl sites for hydroxylation is 1. The fraction of sp³-hybridized carbons (Fsp3) is 0.300. The van der Waals surface area contributed by atoms with Crippen molar-refractivity contribution in [3.8, 4) is 0 Å². The lowest BCUT2D eigenvalue weighted by molar-refractivity contribution is -0.399. The van der Waals surface area contributed by atoms with Crippen LogP contribution in [0.25, 0.3) is 0 Å². The van der Waals surface area contributed by atoms with Crippen molar-refractivity contribution >= 4 is 6.29 Å². The SMILES string of the molecule is Cc1cccc2c1C(O)(C=O)OC2(O)O. The van der Waals surface area contributed by atoms with E-state index in [1.807, 2.05) is 0 Å². The highest BCUT2D eigenvalue weighted by Crippen LogP contribution is 2.43. The third kappa shape index (κ3) is 1.29. The summed E-state index contributed by atoms with van der Waals surface area (Å²) in [4.78, 5) is 10.7. The lowest BCUT2D eigenvalue weighted by Crippen LogP contribution is -2.33. The summed E-state index contributed by atoms with van der Waals surface area (Å²) >= 11 is 0. The van der Waals surface area contributed by atoms with Crippen LogP contribution in [0.4, 0.5) is 0 Å². The second kappa shape index (κ2) is 2.86. The van der Waals surface area contributed by atoms with E-state index in [1.54, 1.807) is 19.1 Å². The molecule has 1 aliphatic rings. The number of fused-ring (bicyclic) bond motifs is 1. The predicted molar refractivity (Wildman–Crippen MR) is 48.3 cm³/mol. The van der Waals surface area contributed by atoms with E-state index in [9.17, 15) is 20.1 Å². The van der Waals surface area contributed by atoms with Crippen LogP contribution in [0.15, 0.2) is 18.2 Å². The molecule has 5 nitrogen and oxygen atoms in total. The van der Waals surface area contributed by atoms with Crippen LogP contribution in [0.5, 0.6) is 0 Å². The Hall–Kier alpha value is -1.27. The van der Waals surface area contributed by atoms with E-state index in [1.165, 1.54) is 6.07 Å². The molecular weight excluding hydrogens is 200 g/mol. The number of carbonyl (C=O) groups is 1. The van der Waals surface area contributed by atoms with Crippen LogP contribution in [0, 0.1) is 6.92 Å². The van der Waals surface area contributed by atoms with Gasteiger partial charge in [-0.05, 0) is 12.5 Å². The minimum absolute atomic E-state index is 0.0166. The van der Waals surface area contributed by atoms with Crippen molar-refractivity contribution in [1.82, 2.24) is 0 Å². The maximum absolute atomic E-state index is 10.7. The molecule has 1 aliphatic heterocycles. The number of aldehydes is 1. The normalized spacial score (nSPS) is 27.5. The lowest BCUT2D eigenvalue weighted by atomic mass is 9.97. The molecule has 0 saturated carbocycles. The van der Waals surface area contributed by atoms with Crippen LogP contribution in [0.3, 0.4) is 0 Å². The van der Waals surface area contributed by atoms with Gasteiger partial charge in [0.15, 0.2) is 6.29 Å². The topological polar surface area (TPSA) is 87.0 Å². The van der Waals surface area contributed by atoms with Crippen LogP contribution in [-0.4, -0.2) is 21.6 Å². The molecule has 1 unspecified atom stereocenters. The standard InChI is InChI=1S/C10H10O5/c1-6-3-2-4-7-8(6)9(12,5-11)15-10(7,13)14/h2-5,12-14H,1H3. The molecule has 1 aromatic carbocycles. The molecule has 0 saturated heterocycles. The van der Waals surface area contributed by atoms with E-state index in [-0.39, 0.29) is 17.4 Å². The Balaban J connectivity index is 2.74.